The van der Waals surface area contributed by atoms with Crippen LogP contribution in [0.25, 0.3) is 17.0 Å². The Morgan fingerprint density at radius 3 is 2.83 bits per heavy atom. The summed E-state index contributed by atoms with van der Waals surface area (Å²) in [6, 6.07) is 11.2. The van der Waals surface area contributed by atoms with Gasteiger partial charge in [-0.2, -0.15) is 0 Å². The fourth-order valence-corrected chi connectivity index (χ4v) is 5.36. The van der Waals surface area contributed by atoms with Crippen molar-refractivity contribution in [3.05, 3.63) is 98.7 Å². The third-order valence-electron chi connectivity index (χ3n) is 6.80. The number of hydrogen-bond donors (Lipinski definition) is 4. The molecular formula is C27H25Cl2FN4O2. The number of amides is 1. The Hall–Kier alpha value is -3.10. The second kappa shape index (κ2) is 10.5. The summed E-state index contributed by atoms with van der Waals surface area (Å²) in [4.78, 5) is 20.1. The quantitative estimate of drug-likeness (QED) is 0.125. The van der Waals surface area contributed by atoms with Crippen molar-refractivity contribution >= 4 is 46.1 Å². The molecule has 2 heterocycles. The molecule has 9 heteroatoms. The Bertz CT molecular complexity index is 1450. The van der Waals surface area contributed by atoms with Gasteiger partial charge in [0, 0.05) is 54.2 Å². The predicted molar refractivity (Wildman–Crippen MR) is 140 cm³/mol. The lowest BCUT2D eigenvalue weighted by molar-refractivity contribution is -0.124. The van der Waals surface area contributed by atoms with Crippen LogP contribution in [0.2, 0.25) is 10.0 Å². The van der Waals surface area contributed by atoms with E-state index in [4.69, 9.17) is 28.4 Å². The van der Waals surface area contributed by atoms with Gasteiger partial charge < -0.3 is 9.97 Å². The number of aryl methyl sites for hydroxylation is 1. The molecule has 4 N–H and O–H groups in total. The van der Waals surface area contributed by atoms with Gasteiger partial charge in [-0.05, 0) is 65.8 Å². The predicted octanol–water partition coefficient (Wildman–Crippen LogP) is 6.19. The van der Waals surface area contributed by atoms with Crippen molar-refractivity contribution in [1.29, 1.82) is 0 Å². The monoisotopic (exact) mass is 526 g/mol. The number of halogens is 3. The molecule has 2 aromatic heterocycles. The number of aromatic amines is 2. The summed E-state index contributed by atoms with van der Waals surface area (Å²) < 4.78 is 13.6. The first-order chi connectivity index (χ1) is 17.4. The van der Waals surface area contributed by atoms with Crippen molar-refractivity contribution in [2.24, 2.45) is 0 Å². The average molecular weight is 527 g/mol. The molecule has 4 aromatic rings. The summed E-state index contributed by atoms with van der Waals surface area (Å²) in [6.07, 6.45) is 9.27. The summed E-state index contributed by atoms with van der Waals surface area (Å²) in [5.41, 5.74) is 7.76. The van der Waals surface area contributed by atoms with Crippen molar-refractivity contribution in [2.45, 2.75) is 31.8 Å². The molecule has 36 heavy (non-hydrogen) atoms. The molecule has 5 rings (SSSR count). The van der Waals surface area contributed by atoms with Gasteiger partial charge in [0.2, 0.25) is 0 Å². The summed E-state index contributed by atoms with van der Waals surface area (Å²) in [5.74, 6) is -0.828. The van der Waals surface area contributed by atoms with Crippen molar-refractivity contribution in [3.8, 4) is 0 Å². The zero-order valence-corrected chi connectivity index (χ0v) is 20.8. The van der Waals surface area contributed by atoms with Gasteiger partial charge in [-0.1, -0.05) is 41.4 Å². The highest BCUT2D eigenvalue weighted by Gasteiger charge is 2.29. The SMILES string of the molecule is O=C(/C=C/c1ccc2c(c1)CCC2N(CCc1c[nH]c2cc(F)ccc12)Cc1[nH]cc(Cl)c1Cl)NO. The number of benzene rings is 2. The zero-order valence-electron chi connectivity index (χ0n) is 19.3. The molecule has 1 amide bonds. The summed E-state index contributed by atoms with van der Waals surface area (Å²) >= 11 is 12.7. The molecule has 1 aliphatic carbocycles. The molecule has 0 fully saturated rings. The Kier molecular flexibility index (Phi) is 7.16. The Balaban J connectivity index is 1.41. The van der Waals surface area contributed by atoms with Crippen LogP contribution in [0.1, 0.15) is 40.4 Å². The van der Waals surface area contributed by atoms with Gasteiger partial charge in [0.15, 0.2) is 0 Å². The Morgan fingerprint density at radius 2 is 2.06 bits per heavy atom. The van der Waals surface area contributed by atoms with E-state index in [-0.39, 0.29) is 11.9 Å². The lowest BCUT2D eigenvalue weighted by Gasteiger charge is -2.29. The maximum absolute atomic E-state index is 13.6. The fourth-order valence-electron chi connectivity index (χ4n) is 5.02. The molecule has 6 nitrogen and oxygen atoms in total. The molecule has 1 aliphatic rings. The van der Waals surface area contributed by atoms with Gasteiger partial charge in [-0.15, -0.1) is 0 Å². The van der Waals surface area contributed by atoms with Crippen molar-refractivity contribution in [2.75, 3.05) is 6.54 Å². The number of carbonyl (C=O) groups is 1. The van der Waals surface area contributed by atoms with Gasteiger partial charge in [0.25, 0.3) is 5.91 Å². The van der Waals surface area contributed by atoms with Gasteiger partial charge in [-0.25, -0.2) is 9.87 Å². The van der Waals surface area contributed by atoms with E-state index in [2.05, 4.69) is 27.0 Å². The molecular weight excluding hydrogens is 502 g/mol. The number of H-pyrrole nitrogens is 2. The van der Waals surface area contributed by atoms with Crippen LogP contribution in [0.3, 0.4) is 0 Å². The molecule has 0 spiro atoms. The van der Waals surface area contributed by atoms with Crippen LogP contribution in [0.5, 0.6) is 0 Å². The van der Waals surface area contributed by atoms with Gasteiger partial charge in [0.1, 0.15) is 5.82 Å². The minimum Gasteiger partial charge on any atom is -0.361 e. The number of rotatable bonds is 8. The van der Waals surface area contributed by atoms with E-state index in [9.17, 15) is 9.18 Å². The number of nitrogens with zero attached hydrogens (tertiary/aromatic N) is 1. The third kappa shape index (κ3) is 5.06. The number of carbonyl (C=O) groups excluding carboxylic acids is 1. The Morgan fingerprint density at radius 1 is 1.19 bits per heavy atom. The first-order valence-electron chi connectivity index (χ1n) is 11.7. The van der Waals surface area contributed by atoms with Crippen LogP contribution >= 0.6 is 23.2 Å². The number of hydrogen-bond acceptors (Lipinski definition) is 3. The molecule has 0 saturated heterocycles. The van der Waals surface area contributed by atoms with Crippen LogP contribution in [0, 0.1) is 5.82 Å². The summed E-state index contributed by atoms with van der Waals surface area (Å²) in [5, 5.41) is 10.8. The summed E-state index contributed by atoms with van der Waals surface area (Å²) in [7, 11) is 0. The van der Waals surface area contributed by atoms with Crippen molar-refractivity contribution in [3.63, 3.8) is 0 Å². The van der Waals surface area contributed by atoms with E-state index < -0.39 is 5.91 Å². The molecule has 2 aromatic carbocycles. The third-order valence-corrected chi connectivity index (χ3v) is 7.62. The maximum Gasteiger partial charge on any atom is 0.267 e. The van der Waals surface area contributed by atoms with Crippen LogP contribution in [-0.2, 0) is 24.2 Å². The molecule has 1 unspecified atom stereocenters. The van der Waals surface area contributed by atoms with Crippen LogP contribution in [0.15, 0.2) is 54.9 Å². The smallest absolute Gasteiger partial charge is 0.267 e. The summed E-state index contributed by atoms with van der Waals surface area (Å²) in [6.45, 7) is 1.37. The maximum atomic E-state index is 13.6. The standard InChI is InChI=1S/C27H25Cl2FN4O2/c28-22-14-32-24(27(22)29)15-34(10-9-18-13-31-23-12-19(30)4-6-20(18)23)25-7-3-17-11-16(1-5-21(17)25)2-8-26(35)33-36/h1-2,4-6,8,11-14,25,31-32,36H,3,7,9-10,15H2,(H,33,35)/b8-2+. The van der Waals surface area contributed by atoms with Gasteiger partial charge >= 0.3 is 0 Å². The first-order valence-corrected chi connectivity index (χ1v) is 12.4. The van der Waals surface area contributed by atoms with E-state index in [1.165, 1.54) is 29.3 Å². The average Bonchev–Trinajstić information content (AvgIpc) is 3.57. The highest BCUT2D eigenvalue weighted by atomic mass is 35.5. The number of nitrogens with one attached hydrogen (secondary N) is 3. The largest absolute Gasteiger partial charge is 0.361 e. The van der Waals surface area contributed by atoms with Gasteiger partial charge in [-0.3, -0.25) is 14.9 Å². The zero-order chi connectivity index (χ0) is 25.2. The Labute approximate surface area is 217 Å². The van der Waals surface area contributed by atoms with Crippen molar-refractivity contribution < 1.29 is 14.4 Å². The van der Waals surface area contributed by atoms with E-state index >= 15 is 0 Å². The first kappa shape index (κ1) is 24.6. The molecule has 0 aliphatic heterocycles. The lowest BCUT2D eigenvalue weighted by atomic mass is 10.0. The van der Waals surface area contributed by atoms with E-state index in [0.717, 1.165) is 53.5 Å². The van der Waals surface area contributed by atoms with Crippen molar-refractivity contribution in [1.82, 2.24) is 20.3 Å². The molecule has 0 bridgehead atoms. The second-order valence-corrected chi connectivity index (χ2v) is 9.76. The lowest BCUT2D eigenvalue weighted by Crippen LogP contribution is -2.29. The van der Waals surface area contributed by atoms with Crippen LogP contribution in [0.4, 0.5) is 4.39 Å². The molecule has 186 valence electrons. The highest BCUT2D eigenvalue weighted by molar-refractivity contribution is 6.42. The normalized spacial score (nSPS) is 15.3. The molecule has 1 atom stereocenters. The minimum absolute atomic E-state index is 0.180. The van der Waals surface area contributed by atoms with E-state index in [0.29, 0.717) is 16.6 Å². The number of fused-ring (bicyclic) bond motifs is 2. The van der Waals surface area contributed by atoms with E-state index in [1.54, 1.807) is 17.8 Å². The minimum atomic E-state index is -0.568. The number of hydroxylamine groups is 1. The van der Waals surface area contributed by atoms with Crippen LogP contribution < -0.4 is 5.48 Å². The highest BCUT2D eigenvalue weighted by Crippen LogP contribution is 2.38. The van der Waals surface area contributed by atoms with E-state index in [1.807, 2.05) is 18.3 Å². The fraction of sp³-hybridized carbons (Fsp3) is 0.222. The van der Waals surface area contributed by atoms with Crippen LogP contribution in [-0.4, -0.2) is 32.5 Å². The molecule has 0 radical (unpaired) electrons. The number of aromatic nitrogens is 2. The second-order valence-electron chi connectivity index (χ2n) is 8.98. The molecule has 0 saturated carbocycles. The topological polar surface area (TPSA) is 84.2 Å². The van der Waals surface area contributed by atoms with Gasteiger partial charge in [0.05, 0.1) is 10.0 Å².